The average Bonchev–Trinajstić information content (AvgIpc) is 2.89. The predicted octanol–water partition coefficient (Wildman–Crippen LogP) is 1.36. The van der Waals surface area contributed by atoms with Crippen LogP contribution in [0.15, 0.2) is 23.1 Å². The van der Waals surface area contributed by atoms with Gasteiger partial charge in [0.05, 0.1) is 12.0 Å². The summed E-state index contributed by atoms with van der Waals surface area (Å²) in [6, 6.07) is 4.97. The molecule has 1 aromatic rings. The molecule has 112 valence electrons. The zero-order chi connectivity index (χ0) is 14.9. The van der Waals surface area contributed by atoms with Crippen molar-refractivity contribution in [3.8, 4) is 5.75 Å². The minimum atomic E-state index is -3.43. The molecule has 0 spiro atoms. The molecule has 6 heteroatoms. The maximum absolute atomic E-state index is 12.6. The minimum absolute atomic E-state index is 0.0211. The zero-order valence-corrected chi connectivity index (χ0v) is 13.0. The van der Waals surface area contributed by atoms with Gasteiger partial charge in [-0.15, -0.1) is 0 Å². The first-order valence-electron chi connectivity index (χ1n) is 6.76. The molecule has 0 bridgehead atoms. The Labute approximate surface area is 120 Å². The molecule has 1 heterocycles. The first-order chi connectivity index (χ1) is 9.36. The fraction of sp³-hybridized carbons (Fsp3) is 0.571. The van der Waals surface area contributed by atoms with Crippen molar-refractivity contribution in [3.63, 3.8) is 0 Å². The molecule has 1 saturated heterocycles. The van der Waals surface area contributed by atoms with Gasteiger partial charge in [-0.3, -0.25) is 0 Å². The second kappa shape index (κ2) is 5.71. The first kappa shape index (κ1) is 15.3. The van der Waals surface area contributed by atoms with E-state index in [2.05, 4.69) is 0 Å². The molecule has 20 heavy (non-hydrogen) atoms. The molecule has 0 radical (unpaired) electrons. The quantitative estimate of drug-likeness (QED) is 0.911. The summed E-state index contributed by atoms with van der Waals surface area (Å²) >= 11 is 0. The number of aryl methyl sites for hydroxylation is 1. The van der Waals surface area contributed by atoms with Crippen molar-refractivity contribution in [1.82, 2.24) is 4.31 Å². The summed E-state index contributed by atoms with van der Waals surface area (Å²) in [5, 5.41) is 0. The highest BCUT2D eigenvalue weighted by molar-refractivity contribution is 7.89. The summed E-state index contributed by atoms with van der Waals surface area (Å²) < 4.78 is 31.9. The number of rotatable bonds is 4. The number of hydrogen-bond donors (Lipinski definition) is 1. The van der Waals surface area contributed by atoms with E-state index < -0.39 is 10.0 Å². The normalized spacial score (nSPS) is 21.9. The summed E-state index contributed by atoms with van der Waals surface area (Å²) in [7, 11) is -1.86. The van der Waals surface area contributed by atoms with Gasteiger partial charge in [0.25, 0.3) is 0 Å². The van der Waals surface area contributed by atoms with E-state index in [-0.39, 0.29) is 12.0 Å². The molecule has 1 aromatic carbocycles. The largest absolute Gasteiger partial charge is 0.496 e. The number of sulfonamides is 1. The number of ether oxygens (including phenoxy) is 1. The van der Waals surface area contributed by atoms with Crippen LogP contribution in [0.2, 0.25) is 0 Å². The van der Waals surface area contributed by atoms with Crippen molar-refractivity contribution in [2.45, 2.75) is 31.2 Å². The Morgan fingerprint density at radius 1 is 1.45 bits per heavy atom. The van der Waals surface area contributed by atoms with Crippen LogP contribution in [0.25, 0.3) is 0 Å². The second-order valence-electron chi connectivity index (χ2n) is 5.40. The Kier molecular flexibility index (Phi) is 4.36. The van der Waals surface area contributed by atoms with Crippen molar-refractivity contribution >= 4 is 10.0 Å². The zero-order valence-electron chi connectivity index (χ0n) is 12.2. The van der Waals surface area contributed by atoms with Gasteiger partial charge in [-0.25, -0.2) is 8.42 Å². The van der Waals surface area contributed by atoms with E-state index >= 15 is 0 Å². The van der Waals surface area contributed by atoms with Crippen LogP contribution in [0.3, 0.4) is 0 Å². The molecule has 2 atom stereocenters. The van der Waals surface area contributed by atoms with Gasteiger partial charge in [0.2, 0.25) is 10.0 Å². The minimum Gasteiger partial charge on any atom is -0.496 e. The summed E-state index contributed by atoms with van der Waals surface area (Å²) in [4.78, 5) is 0.320. The Morgan fingerprint density at radius 3 is 2.65 bits per heavy atom. The molecular weight excluding hydrogens is 276 g/mol. The molecular formula is C14H22N2O3S. The van der Waals surface area contributed by atoms with E-state index in [0.29, 0.717) is 23.7 Å². The fourth-order valence-corrected chi connectivity index (χ4v) is 4.16. The summed E-state index contributed by atoms with van der Waals surface area (Å²) in [5.74, 6) is 0.933. The first-order valence-corrected chi connectivity index (χ1v) is 8.20. The van der Waals surface area contributed by atoms with Gasteiger partial charge in [-0.1, -0.05) is 0 Å². The predicted molar refractivity (Wildman–Crippen MR) is 78.2 cm³/mol. The standard InChI is InChI=1S/C14H22N2O3S/c1-10-8-13(4-5-14(10)19-3)20(17,18)16-7-6-12(9-16)11(2)15/h4-5,8,11-12H,6-7,9,15H2,1-3H3. The van der Waals surface area contributed by atoms with Gasteiger partial charge in [0.1, 0.15) is 5.75 Å². The lowest BCUT2D eigenvalue weighted by Gasteiger charge is -2.18. The highest BCUT2D eigenvalue weighted by Gasteiger charge is 2.34. The van der Waals surface area contributed by atoms with Gasteiger partial charge in [0, 0.05) is 19.1 Å². The maximum atomic E-state index is 12.6. The second-order valence-corrected chi connectivity index (χ2v) is 7.34. The highest BCUT2D eigenvalue weighted by Crippen LogP contribution is 2.28. The lowest BCUT2D eigenvalue weighted by molar-refractivity contribution is 0.410. The van der Waals surface area contributed by atoms with Crippen LogP contribution in [0, 0.1) is 12.8 Å². The third kappa shape index (κ3) is 2.82. The number of nitrogens with zero attached hydrogens (tertiary/aromatic N) is 1. The maximum Gasteiger partial charge on any atom is 0.243 e. The lowest BCUT2D eigenvalue weighted by Crippen LogP contribution is -2.33. The van der Waals surface area contributed by atoms with E-state index in [1.165, 1.54) is 4.31 Å². The van der Waals surface area contributed by atoms with Gasteiger partial charge < -0.3 is 10.5 Å². The van der Waals surface area contributed by atoms with Gasteiger partial charge in [0.15, 0.2) is 0 Å². The summed E-state index contributed by atoms with van der Waals surface area (Å²) in [5.41, 5.74) is 6.68. The van der Waals surface area contributed by atoms with E-state index in [1.807, 2.05) is 13.8 Å². The van der Waals surface area contributed by atoms with Crippen LogP contribution >= 0.6 is 0 Å². The highest BCUT2D eigenvalue weighted by atomic mass is 32.2. The number of methoxy groups -OCH3 is 1. The molecule has 0 saturated carbocycles. The lowest BCUT2D eigenvalue weighted by atomic mass is 10.0. The van der Waals surface area contributed by atoms with Crippen molar-refractivity contribution < 1.29 is 13.2 Å². The van der Waals surface area contributed by atoms with Crippen LogP contribution in [0.4, 0.5) is 0 Å². The van der Waals surface area contributed by atoms with Crippen LogP contribution in [-0.2, 0) is 10.0 Å². The Morgan fingerprint density at radius 2 is 2.15 bits per heavy atom. The number of nitrogens with two attached hydrogens (primary N) is 1. The Hall–Kier alpha value is -1.11. The van der Waals surface area contributed by atoms with E-state index in [1.54, 1.807) is 25.3 Å². The molecule has 2 rings (SSSR count). The monoisotopic (exact) mass is 298 g/mol. The molecule has 2 unspecified atom stereocenters. The van der Waals surface area contributed by atoms with Crippen molar-refractivity contribution in [2.24, 2.45) is 11.7 Å². The Bertz CT molecular complexity index is 584. The average molecular weight is 298 g/mol. The Balaban J connectivity index is 2.25. The molecule has 0 amide bonds. The smallest absolute Gasteiger partial charge is 0.243 e. The van der Waals surface area contributed by atoms with Crippen molar-refractivity contribution in [3.05, 3.63) is 23.8 Å². The van der Waals surface area contributed by atoms with Crippen LogP contribution in [0.5, 0.6) is 5.75 Å². The van der Waals surface area contributed by atoms with Gasteiger partial charge in [-0.05, 0) is 49.9 Å². The molecule has 2 N–H and O–H groups in total. The number of hydrogen-bond acceptors (Lipinski definition) is 4. The number of benzene rings is 1. The van der Waals surface area contributed by atoms with E-state index in [4.69, 9.17) is 10.5 Å². The topological polar surface area (TPSA) is 72.6 Å². The molecule has 0 aromatic heterocycles. The van der Waals surface area contributed by atoms with Gasteiger partial charge >= 0.3 is 0 Å². The third-order valence-corrected chi connectivity index (χ3v) is 5.80. The SMILES string of the molecule is COc1ccc(S(=O)(=O)N2CCC(C(C)N)C2)cc1C. The van der Waals surface area contributed by atoms with Crippen LogP contribution < -0.4 is 10.5 Å². The van der Waals surface area contributed by atoms with Gasteiger partial charge in [-0.2, -0.15) is 4.31 Å². The molecule has 5 nitrogen and oxygen atoms in total. The van der Waals surface area contributed by atoms with E-state index in [9.17, 15) is 8.42 Å². The summed E-state index contributed by atoms with van der Waals surface area (Å²) in [6.07, 6.45) is 0.825. The van der Waals surface area contributed by atoms with Crippen LogP contribution in [-0.4, -0.2) is 39.0 Å². The third-order valence-electron chi connectivity index (χ3n) is 3.94. The molecule has 1 aliphatic rings. The molecule has 1 aliphatic heterocycles. The molecule has 1 fully saturated rings. The van der Waals surface area contributed by atoms with Crippen molar-refractivity contribution in [1.29, 1.82) is 0 Å². The molecule has 0 aliphatic carbocycles. The van der Waals surface area contributed by atoms with Crippen molar-refractivity contribution in [2.75, 3.05) is 20.2 Å². The fourth-order valence-electron chi connectivity index (χ4n) is 2.56. The van der Waals surface area contributed by atoms with Crippen LogP contribution in [0.1, 0.15) is 18.9 Å². The van der Waals surface area contributed by atoms with E-state index in [0.717, 1.165) is 12.0 Å². The summed E-state index contributed by atoms with van der Waals surface area (Å²) in [6.45, 7) is 4.82.